The molecule has 1 aliphatic rings. The highest BCUT2D eigenvalue weighted by molar-refractivity contribution is 7.18. The summed E-state index contributed by atoms with van der Waals surface area (Å²) in [4.78, 5) is 0. The number of rotatable bonds is 7. The minimum Gasteiger partial charge on any atom is -0.494 e. The molecule has 0 amide bonds. The van der Waals surface area contributed by atoms with E-state index >= 15 is 0 Å². The molecular weight excluding hydrogens is 264 g/mol. The molecule has 2 radical (unpaired) electrons. The fraction of sp³-hybridized carbons (Fsp3) is 0.571. The molecule has 1 unspecified atom stereocenters. The van der Waals surface area contributed by atoms with E-state index in [1.807, 2.05) is 19.1 Å². The zero-order valence-corrected chi connectivity index (χ0v) is 12.6. The second kappa shape index (κ2) is 6.70. The topological polar surface area (TPSA) is 9.23 Å². The summed E-state index contributed by atoms with van der Waals surface area (Å²) in [5.74, 6) is 0.598. The van der Waals surface area contributed by atoms with E-state index in [1.165, 1.54) is 0 Å². The average Bonchev–Trinajstić information content (AvgIpc) is 3.05. The van der Waals surface area contributed by atoms with Gasteiger partial charge in [-0.2, -0.15) is 0 Å². The standard InChI is InChI=1S/C14H20BF2OP/c1-3-4-5-12(10-11(2)15)18-9-8-13(6-7-13)14(16,17)19/h3-5,10H,6-9,19H2,1-2H3/b4-3-,11-10+,12-5+. The highest BCUT2D eigenvalue weighted by Crippen LogP contribution is 2.61. The van der Waals surface area contributed by atoms with Gasteiger partial charge in [-0.3, -0.25) is 0 Å². The van der Waals surface area contributed by atoms with E-state index in [9.17, 15) is 8.78 Å². The van der Waals surface area contributed by atoms with Crippen LogP contribution >= 0.6 is 9.24 Å². The molecule has 5 heteroatoms. The van der Waals surface area contributed by atoms with Crippen molar-refractivity contribution in [3.63, 3.8) is 0 Å². The molecule has 0 spiro atoms. The summed E-state index contributed by atoms with van der Waals surface area (Å²) in [7, 11) is 7.25. The smallest absolute Gasteiger partial charge is 0.264 e. The molecule has 0 saturated heterocycles. The molecule has 19 heavy (non-hydrogen) atoms. The lowest BCUT2D eigenvalue weighted by Crippen LogP contribution is -2.24. The Morgan fingerprint density at radius 3 is 2.53 bits per heavy atom. The van der Waals surface area contributed by atoms with Gasteiger partial charge in [0, 0.05) is 5.41 Å². The number of ether oxygens (including phenoxy) is 1. The summed E-state index contributed by atoms with van der Waals surface area (Å²) >= 11 is 0. The first kappa shape index (κ1) is 16.4. The molecule has 0 aromatic carbocycles. The lowest BCUT2D eigenvalue weighted by atomic mass is 9.97. The highest BCUT2D eigenvalue weighted by Gasteiger charge is 2.58. The van der Waals surface area contributed by atoms with Crippen molar-refractivity contribution >= 4 is 17.1 Å². The molecular formula is C14H20BF2OP. The van der Waals surface area contributed by atoms with Crippen molar-refractivity contribution in [2.24, 2.45) is 5.41 Å². The molecule has 1 saturated carbocycles. The van der Waals surface area contributed by atoms with Gasteiger partial charge in [0.05, 0.1) is 6.61 Å². The van der Waals surface area contributed by atoms with E-state index < -0.39 is 11.1 Å². The van der Waals surface area contributed by atoms with Gasteiger partial charge >= 0.3 is 0 Å². The van der Waals surface area contributed by atoms with Gasteiger partial charge < -0.3 is 4.74 Å². The second-order valence-corrected chi connectivity index (χ2v) is 5.71. The average molecular weight is 284 g/mol. The molecule has 1 rings (SSSR count). The van der Waals surface area contributed by atoms with Crippen LogP contribution in [0.2, 0.25) is 0 Å². The van der Waals surface area contributed by atoms with Gasteiger partial charge in [-0.25, -0.2) is 8.78 Å². The molecule has 0 heterocycles. The lowest BCUT2D eigenvalue weighted by molar-refractivity contribution is 0.00560. The van der Waals surface area contributed by atoms with Gasteiger partial charge in [0.15, 0.2) is 0 Å². The Morgan fingerprint density at radius 1 is 1.47 bits per heavy atom. The fourth-order valence-electron chi connectivity index (χ4n) is 1.82. The van der Waals surface area contributed by atoms with Crippen LogP contribution in [-0.4, -0.2) is 20.1 Å². The van der Waals surface area contributed by atoms with Gasteiger partial charge in [0.25, 0.3) is 5.66 Å². The third kappa shape index (κ3) is 5.10. The Kier molecular flexibility index (Phi) is 5.79. The van der Waals surface area contributed by atoms with Crippen LogP contribution in [0.1, 0.15) is 33.1 Å². The summed E-state index contributed by atoms with van der Waals surface area (Å²) in [6.45, 7) is 3.92. The SMILES string of the molecule is [B]/C(C)=C/C(=C\C=C/C)OCCC1(C(F)(F)P)CC1. The largest absolute Gasteiger partial charge is 0.494 e. The van der Waals surface area contributed by atoms with Crippen molar-refractivity contribution in [3.8, 4) is 0 Å². The summed E-state index contributed by atoms with van der Waals surface area (Å²) in [6, 6.07) is 0. The van der Waals surface area contributed by atoms with Crippen molar-refractivity contribution in [2.45, 2.75) is 38.8 Å². The molecule has 1 aliphatic carbocycles. The Balaban J connectivity index is 2.52. The van der Waals surface area contributed by atoms with Gasteiger partial charge in [0.1, 0.15) is 13.6 Å². The van der Waals surface area contributed by atoms with E-state index in [-0.39, 0.29) is 6.61 Å². The summed E-state index contributed by atoms with van der Waals surface area (Å²) in [5.41, 5.74) is -2.97. The third-order valence-electron chi connectivity index (χ3n) is 3.23. The molecule has 104 valence electrons. The van der Waals surface area contributed by atoms with E-state index in [0.717, 1.165) is 0 Å². The maximum atomic E-state index is 13.3. The van der Waals surface area contributed by atoms with Crippen molar-refractivity contribution in [1.82, 2.24) is 0 Å². The van der Waals surface area contributed by atoms with Gasteiger partial charge in [-0.05, 0) is 38.3 Å². The van der Waals surface area contributed by atoms with Crippen molar-refractivity contribution < 1.29 is 13.5 Å². The van der Waals surface area contributed by atoms with Crippen molar-refractivity contribution in [3.05, 3.63) is 35.5 Å². The first-order chi connectivity index (χ1) is 8.81. The predicted octanol–water partition coefficient (Wildman–Crippen LogP) is 4.17. The van der Waals surface area contributed by atoms with E-state index in [0.29, 0.717) is 30.5 Å². The molecule has 1 fully saturated rings. The first-order valence-electron chi connectivity index (χ1n) is 6.37. The number of alkyl halides is 2. The van der Waals surface area contributed by atoms with Crippen LogP contribution in [0.5, 0.6) is 0 Å². The van der Waals surface area contributed by atoms with Crippen LogP contribution in [0.15, 0.2) is 35.5 Å². The van der Waals surface area contributed by atoms with Crippen molar-refractivity contribution in [2.75, 3.05) is 6.61 Å². The monoisotopic (exact) mass is 284 g/mol. The van der Waals surface area contributed by atoms with Gasteiger partial charge in [-0.15, -0.1) is 5.47 Å². The quantitative estimate of drug-likeness (QED) is 0.295. The van der Waals surface area contributed by atoms with Crippen molar-refractivity contribution in [1.29, 1.82) is 0 Å². The lowest BCUT2D eigenvalue weighted by Gasteiger charge is -2.22. The highest BCUT2D eigenvalue weighted by atomic mass is 31.0. The predicted molar refractivity (Wildman–Crippen MR) is 79.3 cm³/mol. The summed E-state index contributed by atoms with van der Waals surface area (Å²) < 4.78 is 32.2. The molecule has 0 bridgehead atoms. The maximum absolute atomic E-state index is 13.3. The molecule has 0 aromatic heterocycles. The normalized spacial score (nSPS) is 19.8. The minimum atomic E-state index is -2.71. The van der Waals surface area contributed by atoms with Crippen LogP contribution < -0.4 is 0 Å². The number of allylic oxidation sites excluding steroid dienone is 5. The molecule has 0 N–H and O–H groups in total. The number of hydrogen-bond donors (Lipinski definition) is 0. The van der Waals surface area contributed by atoms with Gasteiger partial charge in [0.2, 0.25) is 0 Å². The summed E-state index contributed by atoms with van der Waals surface area (Å²) in [6.07, 6.45) is 8.63. The first-order valence-corrected chi connectivity index (χ1v) is 6.95. The fourth-order valence-corrected chi connectivity index (χ4v) is 2.25. The molecule has 0 aliphatic heterocycles. The number of hydrogen-bond acceptors (Lipinski definition) is 1. The van der Waals surface area contributed by atoms with Crippen LogP contribution in [-0.2, 0) is 4.74 Å². The van der Waals surface area contributed by atoms with Gasteiger partial charge in [-0.1, -0.05) is 28.3 Å². The Morgan fingerprint density at radius 2 is 2.11 bits per heavy atom. The van der Waals surface area contributed by atoms with Crippen LogP contribution in [0.3, 0.4) is 0 Å². The zero-order valence-electron chi connectivity index (χ0n) is 11.5. The van der Waals surface area contributed by atoms with E-state index in [4.69, 9.17) is 12.6 Å². The Bertz CT molecular complexity index is 389. The van der Waals surface area contributed by atoms with Crippen LogP contribution in [0.4, 0.5) is 8.78 Å². The number of halogens is 2. The van der Waals surface area contributed by atoms with E-state index in [1.54, 1.807) is 28.3 Å². The summed E-state index contributed by atoms with van der Waals surface area (Å²) in [5, 5.41) is 0. The Labute approximate surface area is 117 Å². The maximum Gasteiger partial charge on any atom is 0.264 e. The van der Waals surface area contributed by atoms with Crippen LogP contribution in [0, 0.1) is 5.41 Å². The van der Waals surface area contributed by atoms with Crippen LogP contribution in [0.25, 0.3) is 0 Å². The zero-order chi connectivity index (χ0) is 14.5. The second-order valence-electron chi connectivity index (χ2n) is 4.98. The molecule has 1 atom stereocenters. The molecule has 1 nitrogen and oxygen atoms in total. The third-order valence-corrected chi connectivity index (χ3v) is 3.85. The minimum absolute atomic E-state index is 0.275. The molecule has 0 aromatic rings. The Hall–Kier alpha value is -0.625. The van der Waals surface area contributed by atoms with E-state index in [2.05, 4.69) is 0 Å².